The Bertz CT molecular complexity index is 909. The molecule has 2 N–H and O–H groups in total. The van der Waals surface area contributed by atoms with Crippen LogP contribution in [-0.2, 0) is 20.7 Å². The second-order valence-electron chi connectivity index (χ2n) is 5.47. The molecule has 11 heteroatoms. The number of hydrogen-bond acceptors (Lipinski definition) is 8. The van der Waals surface area contributed by atoms with E-state index >= 15 is 0 Å². The average Bonchev–Trinajstić information content (AvgIpc) is 3.33. The Morgan fingerprint density at radius 1 is 1.33 bits per heavy atom. The van der Waals surface area contributed by atoms with Crippen molar-refractivity contribution in [3.05, 3.63) is 41.5 Å². The molecule has 0 unspecified atom stereocenters. The Morgan fingerprint density at radius 2 is 2.11 bits per heavy atom. The molecular weight excluding hydrogens is 376 g/mol. The van der Waals surface area contributed by atoms with Crippen molar-refractivity contribution in [2.45, 2.75) is 25.9 Å². The van der Waals surface area contributed by atoms with Gasteiger partial charge in [-0.1, -0.05) is 16.8 Å². The van der Waals surface area contributed by atoms with E-state index in [2.05, 4.69) is 30.6 Å². The van der Waals surface area contributed by atoms with Crippen LogP contribution in [0.25, 0.3) is 11.6 Å². The van der Waals surface area contributed by atoms with E-state index < -0.39 is 18.0 Å². The highest BCUT2D eigenvalue weighted by Gasteiger charge is 2.19. The van der Waals surface area contributed by atoms with Gasteiger partial charge < -0.3 is 14.6 Å². The summed E-state index contributed by atoms with van der Waals surface area (Å²) in [5.41, 5.74) is 0.554. The first-order valence-electron chi connectivity index (χ1n) is 7.95. The summed E-state index contributed by atoms with van der Waals surface area (Å²) >= 11 is 5.79. The van der Waals surface area contributed by atoms with Gasteiger partial charge in [0.1, 0.15) is 6.33 Å². The third kappa shape index (κ3) is 5.11. The van der Waals surface area contributed by atoms with E-state index in [9.17, 15) is 9.59 Å². The number of halogens is 1. The lowest BCUT2D eigenvalue weighted by atomic mass is 10.3. The lowest BCUT2D eigenvalue weighted by Crippen LogP contribution is -2.30. The van der Waals surface area contributed by atoms with Crippen molar-refractivity contribution in [3.8, 4) is 11.6 Å². The lowest BCUT2D eigenvalue weighted by Gasteiger charge is -2.13. The summed E-state index contributed by atoms with van der Waals surface area (Å²) in [6.07, 6.45) is 0.516. The van der Waals surface area contributed by atoms with Crippen LogP contribution >= 0.6 is 11.6 Å². The van der Waals surface area contributed by atoms with Crippen molar-refractivity contribution in [3.63, 3.8) is 0 Å². The Labute approximate surface area is 158 Å². The fourth-order valence-electron chi connectivity index (χ4n) is 2.06. The number of benzene rings is 1. The van der Waals surface area contributed by atoms with Crippen LogP contribution in [0.15, 0.2) is 35.1 Å². The van der Waals surface area contributed by atoms with E-state index in [0.717, 1.165) is 0 Å². The van der Waals surface area contributed by atoms with Gasteiger partial charge in [0.25, 0.3) is 5.91 Å². The normalized spacial score (nSPS) is 11.8. The maximum atomic E-state index is 12.1. The fourth-order valence-corrected chi connectivity index (χ4v) is 2.19. The molecule has 140 valence electrons. The van der Waals surface area contributed by atoms with Crippen molar-refractivity contribution in [1.82, 2.24) is 25.3 Å². The van der Waals surface area contributed by atoms with Gasteiger partial charge in [-0.25, -0.2) is 4.98 Å². The molecule has 0 spiro atoms. The minimum absolute atomic E-state index is 0.0173. The van der Waals surface area contributed by atoms with Crippen molar-refractivity contribution < 1.29 is 18.8 Å². The second-order valence-corrected chi connectivity index (χ2v) is 5.91. The zero-order valence-corrected chi connectivity index (χ0v) is 14.9. The number of carbonyl (C=O) groups is 2. The molecule has 0 saturated carbocycles. The van der Waals surface area contributed by atoms with Crippen LogP contribution in [0.5, 0.6) is 0 Å². The molecule has 1 amide bonds. The van der Waals surface area contributed by atoms with Gasteiger partial charge in [-0.05, 0) is 31.2 Å². The molecule has 3 aromatic rings. The molecular formula is C16H15ClN6O4. The Morgan fingerprint density at radius 3 is 2.81 bits per heavy atom. The standard InChI is InChI=1S/C16H15ClN6O4/c1-9(16(25)20-11-4-2-10(17)3-5-11)26-13(24)7-6-12-21-15(23-27-12)14-18-8-19-22-14/h2-5,8-9H,6-7H2,1H3,(H,20,25)(H,18,19,22)/t9-/m0/s1. The number of aromatic amines is 1. The molecule has 0 aliphatic heterocycles. The number of aromatic nitrogens is 5. The van der Waals surface area contributed by atoms with Crippen molar-refractivity contribution in [1.29, 1.82) is 0 Å². The first-order chi connectivity index (χ1) is 13.0. The molecule has 3 rings (SSSR count). The van der Waals surface area contributed by atoms with Crippen LogP contribution in [0.1, 0.15) is 19.2 Å². The number of hydrogen-bond donors (Lipinski definition) is 2. The molecule has 27 heavy (non-hydrogen) atoms. The minimum Gasteiger partial charge on any atom is -0.453 e. The number of carbonyl (C=O) groups excluding carboxylic acids is 2. The summed E-state index contributed by atoms with van der Waals surface area (Å²) in [4.78, 5) is 32.0. The predicted octanol–water partition coefficient (Wildman–Crippen LogP) is 2.01. The maximum absolute atomic E-state index is 12.1. The van der Waals surface area contributed by atoms with Gasteiger partial charge in [-0.2, -0.15) is 10.1 Å². The largest absolute Gasteiger partial charge is 0.453 e. The molecule has 0 aliphatic carbocycles. The first kappa shape index (κ1) is 18.5. The molecule has 1 atom stereocenters. The van der Waals surface area contributed by atoms with Gasteiger partial charge in [0.05, 0.1) is 6.42 Å². The summed E-state index contributed by atoms with van der Waals surface area (Å²) < 4.78 is 10.1. The summed E-state index contributed by atoms with van der Waals surface area (Å²) in [6.45, 7) is 1.48. The van der Waals surface area contributed by atoms with Crippen molar-refractivity contribution in [2.75, 3.05) is 5.32 Å². The SMILES string of the molecule is C[C@H](OC(=O)CCc1nc(-c2ncn[nH]2)no1)C(=O)Nc1ccc(Cl)cc1. The quantitative estimate of drug-likeness (QED) is 0.584. The van der Waals surface area contributed by atoms with Crippen LogP contribution in [0, 0.1) is 0 Å². The number of nitrogens with one attached hydrogen (secondary N) is 2. The van der Waals surface area contributed by atoms with Gasteiger partial charge in [0, 0.05) is 17.1 Å². The Kier molecular flexibility index (Phi) is 5.77. The van der Waals surface area contributed by atoms with Gasteiger partial charge >= 0.3 is 5.97 Å². The number of H-pyrrole nitrogens is 1. The molecule has 0 aliphatic rings. The van der Waals surface area contributed by atoms with Crippen LogP contribution in [0.2, 0.25) is 5.02 Å². The minimum atomic E-state index is -0.958. The monoisotopic (exact) mass is 390 g/mol. The summed E-state index contributed by atoms with van der Waals surface area (Å²) in [5.74, 6) is -0.160. The van der Waals surface area contributed by atoms with E-state index in [1.54, 1.807) is 24.3 Å². The molecule has 0 bridgehead atoms. The van der Waals surface area contributed by atoms with Crippen molar-refractivity contribution in [2.24, 2.45) is 0 Å². The van der Waals surface area contributed by atoms with E-state index in [0.29, 0.717) is 16.5 Å². The van der Waals surface area contributed by atoms with E-state index in [1.165, 1.54) is 13.3 Å². The highest BCUT2D eigenvalue weighted by molar-refractivity contribution is 6.30. The number of esters is 1. The van der Waals surface area contributed by atoms with Crippen molar-refractivity contribution >= 4 is 29.2 Å². The van der Waals surface area contributed by atoms with Gasteiger partial charge in [0.15, 0.2) is 11.9 Å². The van der Waals surface area contributed by atoms with Crippen LogP contribution in [-0.4, -0.2) is 43.3 Å². The summed E-state index contributed by atoms with van der Waals surface area (Å²) in [7, 11) is 0. The fraction of sp³-hybridized carbons (Fsp3) is 0.250. The predicted molar refractivity (Wildman–Crippen MR) is 93.6 cm³/mol. The van der Waals surface area contributed by atoms with Gasteiger partial charge in [-0.15, -0.1) is 0 Å². The second kappa shape index (κ2) is 8.41. The van der Waals surface area contributed by atoms with E-state index in [-0.39, 0.29) is 24.6 Å². The highest BCUT2D eigenvalue weighted by Crippen LogP contribution is 2.14. The third-order valence-electron chi connectivity index (χ3n) is 3.43. The maximum Gasteiger partial charge on any atom is 0.307 e. The summed E-state index contributed by atoms with van der Waals surface area (Å²) in [6, 6.07) is 6.59. The highest BCUT2D eigenvalue weighted by atomic mass is 35.5. The summed E-state index contributed by atoms with van der Waals surface area (Å²) in [5, 5.41) is 13.2. The molecule has 1 aromatic carbocycles. The number of rotatable bonds is 7. The molecule has 0 fully saturated rings. The number of aryl methyl sites for hydroxylation is 1. The zero-order valence-electron chi connectivity index (χ0n) is 14.2. The topological polar surface area (TPSA) is 136 Å². The molecule has 2 aromatic heterocycles. The van der Waals surface area contributed by atoms with Gasteiger partial charge in [0.2, 0.25) is 11.7 Å². The van der Waals surface area contributed by atoms with Gasteiger partial charge in [-0.3, -0.25) is 14.7 Å². The smallest absolute Gasteiger partial charge is 0.307 e. The van der Waals surface area contributed by atoms with Crippen LogP contribution in [0.3, 0.4) is 0 Å². The Hall–Kier alpha value is -3.27. The van der Waals surface area contributed by atoms with E-state index in [4.69, 9.17) is 20.9 Å². The molecule has 0 radical (unpaired) electrons. The molecule has 2 heterocycles. The number of ether oxygens (including phenoxy) is 1. The third-order valence-corrected chi connectivity index (χ3v) is 3.68. The lowest BCUT2D eigenvalue weighted by molar-refractivity contribution is -0.153. The average molecular weight is 391 g/mol. The van der Waals surface area contributed by atoms with Crippen LogP contribution < -0.4 is 5.32 Å². The Balaban J connectivity index is 1.45. The van der Waals surface area contributed by atoms with Crippen LogP contribution in [0.4, 0.5) is 5.69 Å². The molecule has 10 nitrogen and oxygen atoms in total. The van der Waals surface area contributed by atoms with E-state index in [1.807, 2.05) is 0 Å². The molecule has 0 saturated heterocycles. The number of nitrogens with zero attached hydrogens (tertiary/aromatic N) is 4. The zero-order chi connectivity index (χ0) is 19.2. The number of amides is 1. The first-order valence-corrected chi connectivity index (χ1v) is 8.33. The number of anilines is 1.